The Balaban J connectivity index is 2.79. The summed E-state index contributed by atoms with van der Waals surface area (Å²) in [5, 5.41) is 0. The SMILES string of the molecule is C=C[Si](CC)(CC)Oc1ccccc1. The summed E-state index contributed by atoms with van der Waals surface area (Å²) in [6.07, 6.45) is 0. The van der Waals surface area contributed by atoms with Crippen molar-refractivity contribution in [1.82, 2.24) is 0 Å². The van der Waals surface area contributed by atoms with Crippen molar-refractivity contribution >= 4 is 8.32 Å². The minimum Gasteiger partial charge on any atom is -0.540 e. The summed E-state index contributed by atoms with van der Waals surface area (Å²) >= 11 is 0. The molecule has 0 saturated carbocycles. The fourth-order valence-electron chi connectivity index (χ4n) is 1.45. The van der Waals surface area contributed by atoms with Crippen molar-refractivity contribution < 1.29 is 4.43 Å². The first kappa shape index (κ1) is 11.1. The molecule has 1 nitrogen and oxygen atoms in total. The van der Waals surface area contributed by atoms with Crippen molar-refractivity contribution in [3.05, 3.63) is 42.6 Å². The average Bonchev–Trinajstić information content (AvgIpc) is 2.28. The second-order valence-corrected chi connectivity index (χ2v) is 7.55. The zero-order chi connectivity index (χ0) is 10.4. The van der Waals surface area contributed by atoms with Gasteiger partial charge in [-0.25, -0.2) is 0 Å². The molecule has 76 valence electrons. The Bertz CT molecular complexity index is 278. The molecular formula is C12H18OSi. The highest BCUT2D eigenvalue weighted by atomic mass is 28.4. The largest absolute Gasteiger partial charge is 0.540 e. The van der Waals surface area contributed by atoms with Crippen LogP contribution in [0.15, 0.2) is 42.6 Å². The second-order valence-electron chi connectivity index (χ2n) is 3.39. The summed E-state index contributed by atoms with van der Waals surface area (Å²) in [6, 6.07) is 12.2. The normalized spacial score (nSPS) is 11.0. The van der Waals surface area contributed by atoms with Crippen molar-refractivity contribution in [2.75, 3.05) is 0 Å². The molecule has 0 aromatic heterocycles. The van der Waals surface area contributed by atoms with E-state index in [1.54, 1.807) is 0 Å². The van der Waals surface area contributed by atoms with Gasteiger partial charge in [-0.2, -0.15) is 0 Å². The van der Waals surface area contributed by atoms with Crippen LogP contribution in [0.25, 0.3) is 0 Å². The van der Waals surface area contributed by atoms with Crippen molar-refractivity contribution in [3.8, 4) is 5.75 Å². The van der Waals surface area contributed by atoms with Crippen LogP contribution in [-0.4, -0.2) is 8.32 Å². The Labute approximate surface area is 87.5 Å². The van der Waals surface area contributed by atoms with Crippen LogP contribution >= 0.6 is 0 Å². The summed E-state index contributed by atoms with van der Waals surface area (Å²) in [7, 11) is -1.69. The lowest BCUT2D eigenvalue weighted by atomic mass is 10.3. The molecule has 0 aliphatic carbocycles. The molecule has 0 heterocycles. The lowest BCUT2D eigenvalue weighted by Gasteiger charge is -2.26. The summed E-state index contributed by atoms with van der Waals surface area (Å²) in [4.78, 5) is 0. The first-order chi connectivity index (χ1) is 6.76. The van der Waals surface area contributed by atoms with Crippen LogP contribution in [-0.2, 0) is 0 Å². The van der Waals surface area contributed by atoms with E-state index in [1.165, 1.54) is 0 Å². The van der Waals surface area contributed by atoms with Crippen molar-refractivity contribution in [2.24, 2.45) is 0 Å². The molecule has 0 aliphatic rings. The van der Waals surface area contributed by atoms with Gasteiger partial charge in [0, 0.05) is 0 Å². The maximum Gasteiger partial charge on any atom is 0.274 e. The zero-order valence-electron chi connectivity index (χ0n) is 8.99. The smallest absolute Gasteiger partial charge is 0.274 e. The first-order valence-electron chi connectivity index (χ1n) is 5.14. The highest BCUT2D eigenvalue weighted by Gasteiger charge is 2.28. The topological polar surface area (TPSA) is 9.23 Å². The van der Waals surface area contributed by atoms with Crippen LogP contribution in [0.1, 0.15) is 13.8 Å². The Hall–Kier alpha value is -1.02. The van der Waals surface area contributed by atoms with E-state index in [1.807, 2.05) is 36.0 Å². The van der Waals surface area contributed by atoms with Gasteiger partial charge in [-0.05, 0) is 24.2 Å². The van der Waals surface area contributed by atoms with Crippen molar-refractivity contribution in [2.45, 2.75) is 25.9 Å². The van der Waals surface area contributed by atoms with Gasteiger partial charge >= 0.3 is 0 Å². The van der Waals surface area contributed by atoms with Gasteiger partial charge in [-0.3, -0.25) is 0 Å². The molecule has 0 unspecified atom stereocenters. The highest BCUT2D eigenvalue weighted by molar-refractivity contribution is 6.79. The van der Waals surface area contributed by atoms with Crippen molar-refractivity contribution in [3.63, 3.8) is 0 Å². The molecular weight excluding hydrogens is 188 g/mol. The third-order valence-corrected chi connectivity index (χ3v) is 6.41. The zero-order valence-corrected chi connectivity index (χ0v) is 9.99. The van der Waals surface area contributed by atoms with E-state index in [0.717, 1.165) is 17.8 Å². The van der Waals surface area contributed by atoms with Crippen LogP contribution in [0, 0.1) is 0 Å². The third-order valence-electron chi connectivity index (χ3n) is 2.63. The standard InChI is InChI=1S/C12H18OSi/c1-4-14(5-2,6-3)13-12-10-8-7-9-11-12/h4,7-11H,1,5-6H2,2-3H3. The second kappa shape index (κ2) is 5.01. The summed E-state index contributed by atoms with van der Waals surface area (Å²) in [5.41, 5.74) is 2.04. The van der Waals surface area contributed by atoms with Crippen LogP contribution in [0.5, 0.6) is 5.75 Å². The molecule has 0 bridgehead atoms. The number of hydrogen-bond donors (Lipinski definition) is 0. The molecule has 1 aromatic rings. The van der Waals surface area contributed by atoms with E-state index in [4.69, 9.17) is 4.43 Å². The Kier molecular flexibility index (Phi) is 3.95. The quantitative estimate of drug-likeness (QED) is 0.666. The van der Waals surface area contributed by atoms with Crippen LogP contribution in [0.2, 0.25) is 12.1 Å². The average molecular weight is 206 g/mol. The molecule has 1 rings (SSSR count). The van der Waals surface area contributed by atoms with Gasteiger partial charge in [0.2, 0.25) is 0 Å². The molecule has 2 heteroatoms. The Morgan fingerprint density at radius 2 is 1.79 bits per heavy atom. The maximum atomic E-state index is 6.07. The van der Waals surface area contributed by atoms with E-state index in [0.29, 0.717) is 0 Å². The highest BCUT2D eigenvalue weighted by Crippen LogP contribution is 2.22. The van der Waals surface area contributed by atoms with Crippen molar-refractivity contribution in [1.29, 1.82) is 0 Å². The molecule has 1 aromatic carbocycles. The predicted octanol–water partition coefficient (Wildman–Crippen LogP) is 3.78. The minimum atomic E-state index is -1.69. The lowest BCUT2D eigenvalue weighted by molar-refractivity contribution is 0.547. The third kappa shape index (κ3) is 2.48. The van der Waals surface area contributed by atoms with Crippen LogP contribution in [0.3, 0.4) is 0 Å². The summed E-state index contributed by atoms with van der Waals surface area (Å²) < 4.78 is 6.07. The van der Waals surface area contributed by atoms with E-state index in [2.05, 4.69) is 20.4 Å². The van der Waals surface area contributed by atoms with Gasteiger partial charge in [-0.1, -0.05) is 37.7 Å². The van der Waals surface area contributed by atoms with Gasteiger partial charge in [-0.15, -0.1) is 6.58 Å². The van der Waals surface area contributed by atoms with E-state index in [-0.39, 0.29) is 0 Å². The van der Waals surface area contributed by atoms with Gasteiger partial charge in [0.05, 0.1) is 0 Å². The number of para-hydroxylation sites is 1. The molecule has 0 N–H and O–H groups in total. The molecule has 0 amide bonds. The molecule has 0 radical (unpaired) electrons. The molecule has 0 spiro atoms. The fourth-order valence-corrected chi connectivity index (χ4v) is 3.50. The fraction of sp³-hybridized carbons (Fsp3) is 0.333. The molecule has 0 fully saturated rings. The molecule has 0 atom stereocenters. The maximum absolute atomic E-state index is 6.07. The molecule has 14 heavy (non-hydrogen) atoms. The van der Waals surface area contributed by atoms with E-state index >= 15 is 0 Å². The van der Waals surface area contributed by atoms with Crippen LogP contribution < -0.4 is 4.43 Å². The summed E-state index contributed by atoms with van der Waals surface area (Å²) in [6.45, 7) is 8.27. The van der Waals surface area contributed by atoms with Crippen LogP contribution in [0.4, 0.5) is 0 Å². The summed E-state index contributed by atoms with van der Waals surface area (Å²) in [5.74, 6) is 0.975. The lowest BCUT2D eigenvalue weighted by Crippen LogP contribution is -2.38. The van der Waals surface area contributed by atoms with Gasteiger partial charge in [0.15, 0.2) is 0 Å². The van der Waals surface area contributed by atoms with E-state index < -0.39 is 8.32 Å². The Morgan fingerprint density at radius 1 is 1.21 bits per heavy atom. The Morgan fingerprint density at radius 3 is 2.21 bits per heavy atom. The van der Waals surface area contributed by atoms with Gasteiger partial charge < -0.3 is 4.43 Å². The van der Waals surface area contributed by atoms with Gasteiger partial charge in [0.1, 0.15) is 5.75 Å². The number of rotatable bonds is 5. The monoisotopic (exact) mass is 206 g/mol. The molecule has 0 aliphatic heterocycles. The minimum absolute atomic E-state index is 0.975. The molecule has 0 saturated heterocycles. The number of benzene rings is 1. The predicted molar refractivity (Wildman–Crippen MR) is 64.0 cm³/mol. The van der Waals surface area contributed by atoms with E-state index in [9.17, 15) is 0 Å². The first-order valence-corrected chi connectivity index (χ1v) is 7.54. The number of hydrogen-bond acceptors (Lipinski definition) is 1. The van der Waals surface area contributed by atoms with Gasteiger partial charge in [0.25, 0.3) is 8.32 Å².